The molecule has 1 aliphatic heterocycles. The highest BCUT2D eigenvalue weighted by Crippen LogP contribution is 2.20. The number of likely N-dealkylation sites (N-methyl/N-ethyl adjacent to an activating group) is 1. The molecule has 3 rings (SSSR count). The van der Waals surface area contributed by atoms with Crippen LogP contribution in [0.1, 0.15) is 5.56 Å². The van der Waals surface area contributed by atoms with Crippen molar-refractivity contribution in [2.75, 3.05) is 49.2 Å². The molecule has 0 saturated carbocycles. The molecule has 1 fully saturated rings. The lowest BCUT2D eigenvalue weighted by Crippen LogP contribution is -2.44. The van der Waals surface area contributed by atoms with E-state index in [1.165, 1.54) is 11.3 Å². The van der Waals surface area contributed by atoms with Gasteiger partial charge in [0.25, 0.3) is 0 Å². The zero-order valence-corrected chi connectivity index (χ0v) is 17.4. The summed E-state index contributed by atoms with van der Waals surface area (Å²) in [5.74, 6) is 1.33. The number of nitrogens with one attached hydrogen (secondary N) is 1. The van der Waals surface area contributed by atoms with E-state index in [2.05, 4.69) is 62.4 Å². The molecule has 0 aromatic heterocycles. The highest BCUT2D eigenvalue weighted by Gasteiger charge is 2.14. The van der Waals surface area contributed by atoms with Crippen molar-refractivity contribution in [3.63, 3.8) is 0 Å². The highest BCUT2D eigenvalue weighted by atomic mass is 79.9. The molecule has 0 bridgehead atoms. The second-order valence-corrected chi connectivity index (χ2v) is 8.41. The number of carbonyl (C=O) groups is 1. The van der Waals surface area contributed by atoms with Crippen LogP contribution >= 0.6 is 27.7 Å². The Labute approximate surface area is 168 Å². The molecule has 1 aliphatic rings. The van der Waals surface area contributed by atoms with Crippen molar-refractivity contribution in [3.05, 3.63) is 58.6 Å². The Kier molecular flexibility index (Phi) is 7.00. The molecule has 4 nitrogen and oxygen atoms in total. The van der Waals surface area contributed by atoms with Crippen molar-refractivity contribution in [1.29, 1.82) is 0 Å². The fourth-order valence-corrected chi connectivity index (χ4v) is 3.91. The Morgan fingerprint density at radius 3 is 2.35 bits per heavy atom. The van der Waals surface area contributed by atoms with Gasteiger partial charge in [-0.25, -0.2) is 0 Å². The van der Waals surface area contributed by atoms with Crippen LogP contribution in [0.2, 0.25) is 0 Å². The molecule has 138 valence electrons. The van der Waals surface area contributed by atoms with E-state index in [1.54, 1.807) is 11.8 Å². The Morgan fingerprint density at radius 1 is 1.04 bits per heavy atom. The predicted octanol–water partition coefficient (Wildman–Crippen LogP) is 4.07. The maximum absolute atomic E-state index is 12.1. The number of thioether (sulfide) groups is 1. The summed E-state index contributed by atoms with van der Waals surface area (Å²) >= 11 is 5.06. The molecule has 0 radical (unpaired) electrons. The van der Waals surface area contributed by atoms with Crippen LogP contribution in [0, 0.1) is 0 Å². The van der Waals surface area contributed by atoms with Crippen molar-refractivity contribution >= 4 is 45.0 Å². The minimum atomic E-state index is 0.0412. The van der Waals surface area contributed by atoms with Gasteiger partial charge in [0, 0.05) is 47.8 Å². The number of hydrogen-bond donors (Lipinski definition) is 1. The molecular weight excluding hydrogens is 410 g/mol. The summed E-state index contributed by atoms with van der Waals surface area (Å²) in [6, 6.07) is 16.4. The molecule has 6 heteroatoms. The molecule has 0 atom stereocenters. The van der Waals surface area contributed by atoms with Crippen molar-refractivity contribution in [3.8, 4) is 0 Å². The molecule has 1 saturated heterocycles. The molecule has 26 heavy (non-hydrogen) atoms. The summed E-state index contributed by atoms with van der Waals surface area (Å²) in [7, 11) is 2.16. The van der Waals surface area contributed by atoms with Gasteiger partial charge in [-0.15, -0.1) is 11.8 Å². The number of hydrogen-bond acceptors (Lipinski definition) is 4. The second-order valence-electron chi connectivity index (χ2n) is 6.50. The molecular formula is C20H24BrN3OS. The minimum absolute atomic E-state index is 0.0412. The van der Waals surface area contributed by atoms with Crippen LogP contribution in [-0.4, -0.2) is 49.8 Å². The van der Waals surface area contributed by atoms with Crippen LogP contribution in [0.4, 0.5) is 11.4 Å². The molecule has 0 spiro atoms. The van der Waals surface area contributed by atoms with E-state index in [0.717, 1.165) is 42.1 Å². The van der Waals surface area contributed by atoms with Crippen LogP contribution in [-0.2, 0) is 10.5 Å². The van der Waals surface area contributed by atoms with Gasteiger partial charge in [-0.2, -0.15) is 0 Å². The van der Waals surface area contributed by atoms with Gasteiger partial charge in [0.15, 0.2) is 0 Å². The Balaban J connectivity index is 1.43. The molecule has 1 heterocycles. The summed E-state index contributed by atoms with van der Waals surface area (Å²) in [6.07, 6.45) is 0. The summed E-state index contributed by atoms with van der Waals surface area (Å²) in [6.45, 7) is 4.28. The number of benzene rings is 2. The van der Waals surface area contributed by atoms with Crippen LogP contribution < -0.4 is 10.2 Å². The normalized spacial score (nSPS) is 15.1. The Bertz CT molecular complexity index is 713. The van der Waals surface area contributed by atoms with E-state index >= 15 is 0 Å². The number of amides is 1. The topological polar surface area (TPSA) is 35.6 Å². The first kappa shape index (κ1) is 19.3. The lowest BCUT2D eigenvalue weighted by atomic mass is 10.2. The highest BCUT2D eigenvalue weighted by molar-refractivity contribution is 9.10. The monoisotopic (exact) mass is 433 g/mol. The van der Waals surface area contributed by atoms with Crippen molar-refractivity contribution in [2.45, 2.75) is 5.75 Å². The maximum atomic E-state index is 12.1. The summed E-state index contributed by atoms with van der Waals surface area (Å²) in [5.41, 5.74) is 3.31. The van der Waals surface area contributed by atoms with Crippen LogP contribution in [0.15, 0.2) is 53.0 Å². The Morgan fingerprint density at radius 2 is 1.69 bits per heavy atom. The van der Waals surface area contributed by atoms with Crippen LogP contribution in [0.25, 0.3) is 0 Å². The van der Waals surface area contributed by atoms with Gasteiger partial charge in [0.2, 0.25) is 5.91 Å². The van der Waals surface area contributed by atoms with Crippen LogP contribution in [0.3, 0.4) is 0 Å². The third kappa shape index (κ3) is 5.76. The smallest absolute Gasteiger partial charge is 0.234 e. The number of rotatable bonds is 6. The van der Waals surface area contributed by atoms with Gasteiger partial charge in [-0.1, -0.05) is 28.1 Å². The van der Waals surface area contributed by atoms with Crippen molar-refractivity contribution in [2.24, 2.45) is 0 Å². The minimum Gasteiger partial charge on any atom is -0.369 e. The van der Waals surface area contributed by atoms with Gasteiger partial charge in [0.1, 0.15) is 0 Å². The van der Waals surface area contributed by atoms with E-state index in [4.69, 9.17) is 0 Å². The van der Waals surface area contributed by atoms with Gasteiger partial charge in [-0.05, 0) is 49.0 Å². The van der Waals surface area contributed by atoms with E-state index in [9.17, 15) is 4.79 Å². The average molecular weight is 434 g/mol. The van der Waals surface area contributed by atoms with E-state index < -0.39 is 0 Å². The van der Waals surface area contributed by atoms with E-state index in [0.29, 0.717) is 5.75 Å². The van der Waals surface area contributed by atoms with Gasteiger partial charge in [-0.3, -0.25) is 4.79 Å². The number of carbonyl (C=O) groups excluding carboxylic acids is 1. The first-order valence-electron chi connectivity index (χ1n) is 8.76. The third-order valence-corrected chi connectivity index (χ3v) is 5.97. The number of halogens is 1. The fourth-order valence-electron chi connectivity index (χ4n) is 2.86. The summed E-state index contributed by atoms with van der Waals surface area (Å²) in [4.78, 5) is 16.9. The zero-order chi connectivity index (χ0) is 18.4. The first-order chi connectivity index (χ1) is 12.6. The quantitative estimate of drug-likeness (QED) is 0.744. The molecule has 1 N–H and O–H groups in total. The molecule has 1 amide bonds. The molecule has 2 aromatic carbocycles. The predicted molar refractivity (Wildman–Crippen MR) is 115 cm³/mol. The fraction of sp³-hybridized carbons (Fsp3) is 0.350. The van der Waals surface area contributed by atoms with Crippen LogP contribution in [0.5, 0.6) is 0 Å². The van der Waals surface area contributed by atoms with Gasteiger partial charge in [0.05, 0.1) is 5.75 Å². The first-order valence-corrected chi connectivity index (χ1v) is 10.7. The maximum Gasteiger partial charge on any atom is 0.234 e. The average Bonchev–Trinajstić information content (AvgIpc) is 2.65. The molecule has 2 aromatic rings. The third-order valence-electron chi connectivity index (χ3n) is 4.43. The second kappa shape index (κ2) is 9.44. The van der Waals surface area contributed by atoms with E-state index in [1.807, 2.05) is 24.3 Å². The van der Waals surface area contributed by atoms with Crippen molar-refractivity contribution in [1.82, 2.24) is 4.90 Å². The van der Waals surface area contributed by atoms with E-state index in [-0.39, 0.29) is 5.91 Å². The number of anilines is 2. The SMILES string of the molecule is CN1CCN(c2ccc(NC(=O)CSCc3ccc(Br)cc3)cc2)CC1. The van der Waals surface area contributed by atoms with Gasteiger partial charge < -0.3 is 15.1 Å². The number of nitrogens with zero attached hydrogens (tertiary/aromatic N) is 2. The summed E-state index contributed by atoms with van der Waals surface area (Å²) in [5, 5.41) is 2.98. The lowest BCUT2D eigenvalue weighted by Gasteiger charge is -2.34. The Hall–Kier alpha value is -1.50. The number of piperazine rings is 1. The largest absolute Gasteiger partial charge is 0.369 e. The van der Waals surface area contributed by atoms with Gasteiger partial charge >= 0.3 is 0 Å². The molecule has 0 unspecified atom stereocenters. The summed E-state index contributed by atoms with van der Waals surface area (Å²) < 4.78 is 1.07. The molecule has 0 aliphatic carbocycles. The van der Waals surface area contributed by atoms with Crippen molar-refractivity contribution < 1.29 is 4.79 Å². The standard InChI is InChI=1S/C20H24BrN3OS/c1-23-10-12-24(13-11-23)19-8-6-18(7-9-19)22-20(25)15-26-14-16-2-4-17(21)5-3-16/h2-9H,10-15H2,1H3,(H,22,25). The zero-order valence-electron chi connectivity index (χ0n) is 15.0. The lowest BCUT2D eigenvalue weighted by molar-refractivity contribution is -0.113.